The molecule has 0 radical (unpaired) electrons. The quantitative estimate of drug-likeness (QED) is 0.565. The van der Waals surface area contributed by atoms with Gasteiger partial charge in [0.15, 0.2) is 0 Å². The van der Waals surface area contributed by atoms with E-state index < -0.39 is 0 Å². The highest BCUT2D eigenvalue weighted by Gasteiger charge is 2.01. The maximum absolute atomic E-state index is 11.3. The summed E-state index contributed by atoms with van der Waals surface area (Å²) in [4.78, 5) is 11.3. The molecule has 96 valence electrons. The Morgan fingerprint density at radius 3 is 2.25 bits per heavy atom. The highest BCUT2D eigenvalue weighted by Crippen LogP contribution is 2.08. The van der Waals surface area contributed by atoms with Crippen molar-refractivity contribution in [1.82, 2.24) is 5.32 Å². The molecular weight excluding hydrogens is 200 g/mol. The van der Waals surface area contributed by atoms with Crippen molar-refractivity contribution in [2.75, 3.05) is 6.54 Å². The molecule has 0 aromatic carbocycles. The summed E-state index contributed by atoms with van der Waals surface area (Å²) in [5, 5.41) is 2.83. The van der Waals surface area contributed by atoms with Gasteiger partial charge >= 0.3 is 0 Å². The van der Waals surface area contributed by atoms with Gasteiger partial charge in [-0.15, -0.1) is 0 Å². The molecule has 1 amide bonds. The zero-order valence-corrected chi connectivity index (χ0v) is 10.9. The van der Waals surface area contributed by atoms with Crippen molar-refractivity contribution in [3.8, 4) is 0 Å². The topological polar surface area (TPSA) is 55.1 Å². The molecule has 16 heavy (non-hydrogen) atoms. The number of hydrogen-bond donors (Lipinski definition) is 2. The summed E-state index contributed by atoms with van der Waals surface area (Å²) < 4.78 is 0. The van der Waals surface area contributed by atoms with Gasteiger partial charge in [-0.05, 0) is 13.3 Å². The van der Waals surface area contributed by atoms with Crippen molar-refractivity contribution in [2.45, 2.75) is 71.3 Å². The van der Waals surface area contributed by atoms with Gasteiger partial charge in [0.2, 0.25) is 5.91 Å². The number of nitrogens with two attached hydrogens (primary N) is 1. The SMILES string of the molecule is CCCCCCCCCC(=O)NCC(C)N. The molecule has 0 aromatic rings. The maximum atomic E-state index is 11.3. The lowest BCUT2D eigenvalue weighted by Crippen LogP contribution is -2.34. The van der Waals surface area contributed by atoms with E-state index >= 15 is 0 Å². The van der Waals surface area contributed by atoms with Crippen LogP contribution in [-0.2, 0) is 4.79 Å². The summed E-state index contributed by atoms with van der Waals surface area (Å²) in [6.45, 7) is 4.71. The second-order valence-electron chi connectivity index (χ2n) is 4.65. The molecule has 0 aliphatic heterocycles. The van der Waals surface area contributed by atoms with Gasteiger partial charge in [0.1, 0.15) is 0 Å². The van der Waals surface area contributed by atoms with E-state index in [0.717, 1.165) is 6.42 Å². The third kappa shape index (κ3) is 11.5. The number of amides is 1. The minimum atomic E-state index is 0.0537. The first-order valence-corrected chi connectivity index (χ1v) is 6.69. The van der Waals surface area contributed by atoms with Crippen LogP contribution in [0.15, 0.2) is 0 Å². The van der Waals surface area contributed by atoms with E-state index in [-0.39, 0.29) is 11.9 Å². The number of carbonyl (C=O) groups is 1. The molecule has 3 nitrogen and oxygen atoms in total. The lowest BCUT2D eigenvalue weighted by Gasteiger charge is -2.07. The molecule has 0 bridgehead atoms. The van der Waals surface area contributed by atoms with Gasteiger partial charge in [0.25, 0.3) is 0 Å². The van der Waals surface area contributed by atoms with E-state index in [9.17, 15) is 4.79 Å². The zero-order valence-electron chi connectivity index (χ0n) is 10.9. The van der Waals surface area contributed by atoms with Crippen LogP contribution in [0.2, 0.25) is 0 Å². The first kappa shape index (κ1) is 15.4. The molecule has 1 atom stereocenters. The van der Waals surface area contributed by atoms with Crippen LogP contribution in [0.1, 0.15) is 65.2 Å². The normalized spacial score (nSPS) is 12.4. The van der Waals surface area contributed by atoms with Crippen molar-refractivity contribution in [3.63, 3.8) is 0 Å². The summed E-state index contributed by atoms with van der Waals surface area (Å²) in [7, 11) is 0. The molecule has 0 aromatic heterocycles. The fraction of sp³-hybridized carbons (Fsp3) is 0.923. The molecular formula is C13H28N2O. The van der Waals surface area contributed by atoms with Gasteiger partial charge in [-0.2, -0.15) is 0 Å². The van der Waals surface area contributed by atoms with E-state index in [0.29, 0.717) is 13.0 Å². The van der Waals surface area contributed by atoms with E-state index in [4.69, 9.17) is 5.73 Å². The number of nitrogens with one attached hydrogen (secondary N) is 1. The van der Waals surface area contributed by atoms with Crippen LogP contribution in [0, 0.1) is 0 Å². The maximum Gasteiger partial charge on any atom is 0.220 e. The van der Waals surface area contributed by atoms with Crippen molar-refractivity contribution in [3.05, 3.63) is 0 Å². The van der Waals surface area contributed by atoms with Gasteiger partial charge in [0.05, 0.1) is 0 Å². The van der Waals surface area contributed by atoms with Crippen molar-refractivity contribution in [2.24, 2.45) is 5.73 Å². The molecule has 1 unspecified atom stereocenters. The van der Waals surface area contributed by atoms with Crippen molar-refractivity contribution in [1.29, 1.82) is 0 Å². The Morgan fingerprint density at radius 1 is 1.12 bits per heavy atom. The highest BCUT2D eigenvalue weighted by molar-refractivity contribution is 5.75. The molecule has 0 aliphatic carbocycles. The second kappa shape index (κ2) is 10.9. The standard InChI is InChI=1S/C13H28N2O/c1-3-4-5-6-7-8-9-10-13(16)15-11-12(2)14/h12H,3-11,14H2,1-2H3,(H,15,16). The Kier molecular flexibility index (Phi) is 10.5. The molecule has 0 saturated carbocycles. The van der Waals surface area contributed by atoms with Gasteiger partial charge in [-0.1, -0.05) is 45.4 Å². The van der Waals surface area contributed by atoms with Gasteiger partial charge < -0.3 is 11.1 Å². The van der Waals surface area contributed by atoms with Crippen molar-refractivity contribution >= 4 is 5.91 Å². The number of hydrogen-bond acceptors (Lipinski definition) is 2. The van der Waals surface area contributed by atoms with Crippen LogP contribution in [0.5, 0.6) is 0 Å². The van der Waals surface area contributed by atoms with Crippen LogP contribution >= 0.6 is 0 Å². The lowest BCUT2D eigenvalue weighted by atomic mass is 10.1. The Balaban J connectivity index is 3.15. The fourth-order valence-electron chi connectivity index (χ4n) is 1.61. The van der Waals surface area contributed by atoms with Crippen LogP contribution in [-0.4, -0.2) is 18.5 Å². The van der Waals surface area contributed by atoms with E-state index in [1.54, 1.807) is 0 Å². The fourth-order valence-corrected chi connectivity index (χ4v) is 1.61. The Bertz CT molecular complexity index is 169. The van der Waals surface area contributed by atoms with E-state index in [1.165, 1.54) is 38.5 Å². The molecule has 0 fully saturated rings. The predicted molar refractivity (Wildman–Crippen MR) is 69.3 cm³/mol. The first-order chi connectivity index (χ1) is 7.66. The van der Waals surface area contributed by atoms with Crippen LogP contribution < -0.4 is 11.1 Å². The minimum absolute atomic E-state index is 0.0537. The third-order valence-electron chi connectivity index (χ3n) is 2.63. The average molecular weight is 228 g/mol. The molecule has 0 rings (SSSR count). The van der Waals surface area contributed by atoms with Gasteiger partial charge in [-0.25, -0.2) is 0 Å². The minimum Gasteiger partial charge on any atom is -0.355 e. The van der Waals surface area contributed by atoms with Crippen molar-refractivity contribution < 1.29 is 4.79 Å². The average Bonchev–Trinajstić information content (AvgIpc) is 2.25. The predicted octanol–water partition coefficient (Wildman–Crippen LogP) is 2.59. The number of rotatable bonds is 10. The first-order valence-electron chi connectivity index (χ1n) is 6.69. The largest absolute Gasteiger partial charge is 0.355 e. The molecule has 0 aliphatic rings. The monoisotopic (exact) mass is 228 g/mol. The smallest absolute Gasteiger partial charge is 0.220 e. The Labute approximate surface area is 100 Å². The summed E-state index contributed by atoms with van der Waals surface area (Å²) in [6.07, 6.45) is 9.39. The second-order valence-corrected chi connectivity index (χ2v) is 4.65. The Hall–Kier alpha value is -0.570. The van der Waals surface area contributed by atoms with E-state index in [2.05, 4.69) is 12.2 Å². The molecule has 3 N–H and O–H groups in total. The summed E-state index contributed by atoms with van der Waals surface area (Å²) in [6, 6.07) is 0.0537. The Morgan fingerprint density at radius 2 is 1.69 bits per heavy atom. The zero-order chi connectivity index (χ0) is 12.2. The third-order valence-corrected chi connectivity index (χ3v) is 2.63. The summed E-state index contributed by atoms with van der Waals surface area (Å²) in [5.41, 5.74) is 5.55. The molecule has 0 heterocycles. The molecule has 3 heteroatoms. The van der Waals surface area contributed by atoms with Crippen LogP contribution in [0.4, 0.5) is 0 Å². The number of carbonyl (C=O) groups excluding carboxylic acids is 1. The van der Waals surface area contributed by atoms with Crippen LogP contribution in [0.25, 0.3) is 0 Å². The van der Waals surface area contributed by atoms with Crippen LogP contribution in [0.3, 0.4) is 0 Å². The van der Waals surface area contributed by atoms with Gasteiger partial charge in [-0.3, -0.25) is 4.79 Å². The summed E-state index contributed by atoms with van der Waals surface area (Å²) >= 11 is 0. The summed E-state index contributed by atoms with van der Waals surface area (Å²) in [5.74, 6) is 0.144. The molecule has 0 spiro atoms. The highest BCUT2D eigenvalue weighted by atomic mass is 16.1. The van der Waals surface area contributed by atoms with Gasteiger partial charge in [0, 0.05) is 19.0 Å². The lowest BCUT2D eigenvalue weighted by molar-refractivity contribution is -0.121. The number of unbranched alkanes of at least 4 members (excludes halogenated alkanes) is 6. The molecule has 0 saturated heterocycles. The van der Waals surface area contributed by atoms with E-state index in [1.807, 2.05) is 6.92 Å².